The van der Waals surface area contributed by atoms with Gasteiger partial charge in [-0.3, -0.25) is 4.79 Å². The largest absolute Gasteiger partial charge is 0.464 e. The molecule has 110 valence electrons. The van der Waals surface area contributed by atoms with Gasteiger partial charge in [0.1, 0.15) is 6.04 Å². The van der Waals surface area contributed by atoms with Crippen molar-refractivity contribution in [2.45, 2.75) is 19.4 Å². The fourth-order valence-corrected chi connectivity index (χ4v) is 2.23. The molecule has 0 radical (unpaired) electrons. The molecule has 1 aromatic carbocycles. The third-order valence-electron chi connectivity index (χ3n) is 2.45. The van der Waals surface area contributed by atoms with Gasteiger partial charge in [-0.25, -0.2) is 4.79 Å². The molecule has 0 aliphatic heterocycles. The summed E-state index contributed by atoms with van der Waals surface area (Å²) in [4.78, 5) is 23.2. The summed E-state index contributed by atoms with van der Waals surface area (Å²) in [5.41, 5.74) is 5.95. The van der Waals surface area contributed by atoms with E-state index in [9.17, 15) is 9.59 Å². The number of carbonyl (C=O) groups excluding carboxylic acids is 2. The van der Waals surface area contributed by atoms with Crippen molar-refractivity contribution in [3.8, 4) is 0 Å². The van der Waals surface area contributed by atoms with Crippen LogP contribution in [0.3, 0.4) is 0 Å². The van der Waals surface area contributed by atoms with Gasteiger partial charge in [0.15, 0.2) is 0 Å². The summed E-state index contributed by atoms with van der Waals surface area (Å²) in [6.07, 6.45) is 0.227. The zero-order valence-corrected chi connectivity index (χ0v) is 12.5. The van der Waals surface area contributed by atoms with Crippen LogP contribution in [0.4, 0.5) is 0 Å². The molecule has 3 N–H and O–H groups in total. The monoisotopic (exact) mass is 318 g/mol. The molecular formula is C13H16Cl2N2O3. The summed E-state index contributed by atoms with van der Waals surface area (Å²) in [6.45, 7) is 1.71. The standard InChI is InChI=1S/C13H16Cl2N2O3/c1-2-20-13(19)11(17-12(18)7-16)5-8-3-9(14)6-10(15)4-8/h3-4,6,11H,2,5,7,16H2,1H3,(H,17,18). The van der Waals surface area contributed by atoms with Crippen LogP contribution in [0.2, 0.25) is 10.0 Å². The Morgan fingerprint density at radius 3 is 2.40 bits per heavy atom. The van der Waals surface area contributed by atoms with Gasteiger partial charge in [-0.15, -0.1) is 0 Å². The number of ether oxygens (including phenoxy) is 1. The van der Waals surface area contributed by atoms with E-state index in [1.807, 2.05) is 0 Å². The van der Waals surface area contributed by atoms with Crippen LogP contribution in [-0.2, 0) is 20.7 Å². The van der Waals surface area contributed by atoms with E-state index >= 15 is 0 Å². The quantitative estimate of drug-likeness (QED) is 0.780. The Balaban J connectivity index is 2.87. The maximum absolute atomic E-state index is 11.8. The second-order valence-electron chi connectivity index (χ2n) is 4.06. The molecule has 0 fully saturated rings. The van der Waals surface area contributed by atoms with Crippen molar-refractivity contribution in [2.24, 2.45) is 5.73 Å². The van der Waals surface area contributed by atoms with Crippen molar-refractivity contribution >= 4 is 35.1 Å². The Morgan fingerprint density at radius 1 is 1.30 bits per heavy atom. The van der Waals surface area contributed by atoms with E-state index in [0.717, 1.165) is 5.56 Å². The number of rotatable bonds is 6. The molecule has 0 saturated carbocycles. The SMILES string of the molecule is CCOC(=O)C(Cc1cc(Cl)cc(Cl)c1)NC(=O)CN. The zero-order chi connectivity index (χ0) is 15.1. The summed E-state index contributed by atoms with van der Waals surface area (Å²) < 4.78 is 4.92. The fourth-order valence-electron chi connectivity index (χ4n) is 1.65. The van der Waals surface area contributed by atoms with E-state index in [0.29, 0.717) is 10.0 Å². The van der Waals surface area contributed by atoms with Gasteiger partial charge in [0.25, 0.3) is 0 Å². The number of esters is 1. The summed E-state index contributed by atoms with van der Waals surface area (Å²) in [5.74, 6) is -0.957. The smallest absolute Gasteiger partial charge is 0.328 e. The van der Waals surface area contributed by atoms with Crippen molar-refractivity contribution in [3.63, 3.8) is 0 Å². The van der Waals surface area contributed by atoms with E-state index < -0.39 is 17.9 Å². The molecule has 7 heteroatoms. The van der Waals surface area contributed by atoms with Gasteiger partial charge < -0.3 is 15.8 Å². The minimum absolute atomic E-state index is 0.202. The number of halogens is 2. The van der Waals surface area contributed by atoms with Crippen LogP contribution in [0, 0.1) is 0 Å². The van der Waals surface area contributed by atoms with Crippen molar-refractivity contribution < 1.29 is 14.3 Å². The molecule has 0 aromatic heterocycles. The molecule has 1 unspecified atom stereocenters. The zero-order valence-electron chi connectivity index (χ0n) is 11.0. The Kier molecular flexibility index (Phi) is 6.78. The highest BCUT2D eigenvalue weighted by atomic mass is 35.5. The minimum Gasteiger partial charge on any atom is -0.464 e. The normalized spacial score (nSPS) is 11.8. The lowest BCUT2D eigenvalue weighted by molar-refractivity contribution is -0.147. The first-order valence-electron chi connectivity index (χ1n) is 6.07. The number of carbonyl (C=O) groups is 2. The predicted octanol–water partition coefficient (Wildman–Crippen LogP) is 1.54. The highest BCUT2D eigenvalue weighted by Gasteiger charge is 2.22. The van der Waals surface area contributed by atoms with Crippen LogP contribution in [0.15, 0.2) is 18.2 Å². The highest BCUT2D eigenvalue weighted by Crippen LogP contribution is 2.20. The Bertz CT molecular complexity index is 474. The maximum Gasteiger partial charge on any atom is 0.328 e. The van der Waals surface area contributed by atoms with Gasteiger partial charge in [-0.05, 0) is 30.7 Å². The summed E-state index contributed by atoms with van der Waals surface area (Å²) >= 11 is 11.8. The lowest BCUT2D eigenvalue weighted by Gasteiger charge is -2.17. The van der Waals surface area contributed by atoms with Gasteiger partial charge in [0, 0.05) is 16.5 Å². The summed E-state index contributed by atoms with van der Waals surface area (Å²) in [6, 6.07) is 4.12. The van der Waals surface area contributed by atoms with Gasteiger partial charge >= 0.3 is 5.97 Å². The first kappa shape index (κ1) is 16.8. The molecular weight excluding hydrogens is 303 g/mol. The van der Waals surface area contributed by atoms with Crippen LogP contribution in [0.5, 0.6) is 0 Å². The average Bonchev–Trinajstić information content (AvgIpc) is 2.36. The van der Waals surface area contributed by atoms with E-state index in [1.165, 1.54) is 0 Å². The van der Waals surface area contributed by atoms with Crippen molar-refractivity contribution in [1.29, 1.82) is 0 Å². The van der Waals surface area contributed by atoms with E-state index in [2.05, 4.69) is 5.32 Å². The molecule has 1 amide bonds. The number of benzene rings is 1. The lowest BCUT2D eigenvalue weighted by Crippen LogP contribution is -2.45. The highest BCUT2D eigenvalue weighted by molar-refractivity contribution is 6.34. The second-order valence-corrected chi connectivity index (χ2v) is 4.93. The molecule has 5 nitrogen and oxygen atoms in total. The van der Waals surface area contributed by atoms with E-state index in [1.54, 1.807) is 25.1 Å². The molecule has 0 saturated heterocycles. The Labute approximate surface area is 127 Å². The van der Waals surface area contributed by atoms with Gasteiger partial charge in [0.2, 0.25) is 5.91 Å². The minimum atomic E-state index is -0.819. The summed E-state index contributed by atoms with van der Waals surface area (Å²) in [7, 11) is 0. The number of nitrogens with two attached hydrogens (primary N) is 1. The van der Waals surface area contributed by atoms with Crippen LogP contribution in [0.25, 0.3) is 0 Å². The molecule has 20 heavy (non-hydrogen) atoms. The summed E-state index contributed by atoms with van der Waals surface area (Å²) in [5, 5.41) is 3.43. The van der Waals surface area contributed by atoms with Crippen LogP contribution in [-0.4, -0.2) is 31.1 Å². The van der Waals surface area contributed by atoms with Crippen LogP contribution >= 0.6 is 23.2 Å². The molecule has 0 aliphatic rings. The van der Waals surface area contributed by atoms with Crippen LogP contribution < -0.4 is 11.1 Å². The maximum atomic E-state index is 11.8. The third kappa shape index (κ3) is 5.36. The number of nitrogens with one attached hydrogen (secondary N) is 1. The molecule has 0 bridgehead atoms. The number of hydrogen-bond donors (Lipinski definition) is 2. The second kappa shape index (κ2) is 8.09. The lowest BCUT2D eigenvalue weighted by atomic mass is 10.1. The van der Waals surface area contributed by atoms with Crippen molar-refractivity contribution in [3.05, 3.63) is 33.8 Å². The van der Waals surface area contributed by atoms with Gasteiger partial charge in [-0.2, -0.15) is 0 Å². The molecule has 0 aliphatic carbocycles. The third-order valence-corrected chi connectivity index (χ3v) is 2.89. The molecule has 0 heterocycles. The molecule has 0 spiro atoms. The predicted molar refractivity (Wildman–Crippen MR) is 77.8 cm³/mol. The topological polar surface area (TPSA) is 81.4 Å². The molecule has 1 atom stereocenters. The molecule has 1 aromatic rings. The Hall–Kier alpha value is -1.30. The first-order chi connectivity index (χ1) is 9.46. The first-order valence-corrected chi connectivity index (χ1v) is 6.83. The van der Waals surface area contributed by atoms with Crippen LogP contribution in [0.1, 0.15) is 12.5 Å². The van der Waals surface area contributed by atoms with E-state index in [-0.39, 0.29) is 19.6 Å². The average molecular weight is 319 g/mol. The van der Waals surface area contributed by atoms with Gasteiger partial charge in [-0.1, -0.05) is 23.2 Å². The number of hydrogen-bond acceptors (Lipinski definition) is 4. The molecule has 1 rings (SSSR count). The Morgan fingerprint density at radius 2 is 1.90 bits per heavy atom. The van der Waals surface area contributed by atoms with Gasteiger partial charge in [0.05, 0.1) is 13.2 Å². The van der Waals surface area contributed by atoms with Crippen molar-refractivity contribution in [2.75, 3.05) is 13.2 Å². The van der Waals surface area contributed by atoms with E-state index in [4.69, 9.17) is 33.7 Å². The van der Waals surface area contributed by atoms with Crippen molar-refractivity contribution in [1.82, 2.24) is 5.32 Å². The fraction of sp³-hybridized carbons (Fsp3) is 0.385. The number of amides is 1.